The van der Waals surface area contributed by atoms with Gasteiger partial charge in [-0.3, -0.25) is 14.4 Å². The first-order valence-electron chi connectivity index (χ1n) is 11.6. The van der Waals surface area contributed by atoms with Crippen molar-refractivity contribution in [3.63, 3.8) is 0 Å². The minimum Gasteiger partial charge on any atom is -0.337 e. The van der Waals surface area contributed by atoms with Gasteiger partial charge in [-0.05, 0) is 47.7 Å². The molecule has 2 aromatic carbocycles. The van der Waals surface area contributed by atoms with Crippen LogP contribution in [-0.2, 0) is 9.59 Å². The average molecular weight is 483 g/mol. The number of nitrogens with zero attached hydrogens (tertiary/aromatic N) is 3. The highest BCUT2D eigenvalue weighted by Gasteiger charge is 2.44. The normalized spacial score (nSPS) is 19.5. The molecule has 0 saturated carbocycles. The molecule has 8 heteroatoms. The summed E-state index contributed by atoms with van der Waals surface area (Å²) in [4.78, 5) is 45.2. The Morgan fingerprint density at radius 2 is 1.74 bits per heavy atom. The Balaban J connectivity index is 1.69. The molecule has 1 fully saturated rings. The van der Waals surface area contributed by atoms with E-state index in [1.165, 1.54) is 0 Å². The highest BCUT2D eigenvalue weighted by molar-refractivity contribution is 6.30. The summed E-state index contributed by atoms with van der Waals surface area (Å²) in [6, 6.07) is 11.6. The number of fused-ring (bicyclic) bond motifs is 2. The van der Waals surface area contributed by atoms with Crippen LogP contribution in [0.15, 0.2) is 42.5 Å². The molecule has 2 atom stereocenters. The van der Waals surface area contributed by atoms with Crippen molar-refractivity contribution in [2.24, 2.45) is 11.1 Å². The van der Waals surface area contributed by atoms with Gasteiger partial charge in [0, 0.05) is 24.7 Å². The molecule has 2 heterocycles. The number of amides is 3. The van der Waals surface area contributed by atoms with Crippen LogP contribution in [-0.4, -0.2) is 65.8 Å². The van der Waals surface area contributed by atoms with Gasteiger partial charge in [0.2, 0.25) is 5.91 Å². The van der Waals surface area contributed by atoms with Gasteiger partial charge in [-0.25, -0.2) is 0 Å². The molecule has 1 saturated heterocycles. The van der Waals surface area contributed by atoms with E-state index in [9.17, 15) is 14.4 Å². The Morgan fingerprint density at radius 3 is 2.35 bits per heavy atom. The lowest BCUT2D eigenvalue weighted by molar-refractivity contribution is -0.139. The quantitative estimate of drug-likeness (QED) is 0.726. The van der Waals surface area contributed by atoms with Crippen LogP contribution in [0.2, 0.25) is 5.02 Å². The molecule has 0 radical (unpaired) electrons. The predicted octanol–water partition coefficient (Wildman–Crippen LogP) is 3.40. The summed E-state index contributed by atoms with van der Waals surface area (Å²) in [5.41, 5.74) is 8.69. The number of rotatable bonds is 3. The second-order valence-electron chi connectivity index (χ2n) is 9.96. The molecule has 3 amide bonds. The summed E-state index contributed by atoms with van der Waals surface area (Å²) in [7, 11) is 0. The average Bonchev–Trinajstić information content (AvgIpc) is 2.90. The number of carbonyl (C=O) groups excluding carboxylic acids is 3. The zero-order chi connectivity index (χ0) is 24.8. The Labute approximate surface area is 205 Å². The van der Waals surface area contributed by atoms with Crippen LogP contribution >= 0.6 is 11.6 Å². The maximum atomic E-state index is 13.7. The third-order valence-electron chi connectivity index (χ3n) is 6.71. The fourth-order valence-corrected chi connectivity index (χ4v) is 4.67. The summed E-state index contributed by atoms with van der Waals surface area (Å²) >= 11 is 6.03. The number of nitrogens with two attached hydrogens (primary N) is 1. The molecule has 0 bridgehead atoms. The van der Waals surface area contributed by atoms with E-state index in [1.807, 2.05) is 58.0 Å². The van der Waals surface area contributed by atoms with Gasteiger partial charge in [0.1, 0.15) is 6.04 Å². The Hall–Kier alpha value is -2.90. The van der Waals surface area contributed by atoms with E-state index in [2.05, 4.69) is 0 Å². The maximum Gasteiger partial charge on any atom is 0.256 e. The lowest BCUT2D eigenvalue weighted by Gasteiger charge is -2.42. The van der Waals surface area contributed by atoms with Gasteiger partial charge in [-0.2, -0.15) is 0 Å². The Morgan fingerprint density at radius 1 is 1.09 bits per heavy atom. The third kappa shape index (κ3) is 4.30. The first-order valence-corrected chi connectivity index (χ1v) is 12.0. The molecule has 180 valence electrons. The number of hydrogen-bond acceptors (Lipinski definition) is 4. The summed E-state index contributed by atoms with van der Waals surface area (Å²) in [5.74, 6) is -0.578. The van der Waals surface area contributed by atoms with Gasteiger partial charge >= 0.3 is 0 Å². The fraction of sp³-hybridized carbons (Fsp3) is 0.423. The number of carbonyl (C=O) groups is 3. The maximum absolute atomic E-state index is 13.7. The Bertz CT molecular complexity index is 1130. The molecular weight excluding hydrogens is 452 g/mol. The number of anilines is 1. The molecule has 2 N–H and O–H groups in total. The molecule has 2 aromatic rings. The van der Waals surface area contributed by atoms with E-state index in [1.54, 1.807) is 26.8 Å². The lowest BCUT2D eigenvalue weighted by Crippen LogP contribution is -2.63. The van der Waals surface area contributed by atoms with E-state index in [4.69, 9.17) is 17.3 Å². The van der Waals surface area contributed by atoms with Crippen LogP contribution in [0.1, 0.15) is 38.1 Å². The molecular formula is C26H31ClN4O3. The fourth-order valence-electron chi connectivity index (χ4n) is 4.55. The number of halogens is 1. The molecule has 0 aromatic heterocycles. The van der Waals surface area contributed by atoms with E-state index < -0.39 is 17.5 Å². The zero-order valence-electron chi connectivity index (χ0n) is 20.0. The molecule has 7 nitrogen and oxygen atoms in total. The van der Waals surface area contributed by atoms with Crippen LogP contribution in [0.5, 0.6) is 0 Å². The van der Waals surface area contributed by atoms with Crippen LogP contribution in [0, 0.1) is 5.41 Å². The van der Waals surface area contributed by atoms with Crippen molar-refractivity contribution in [1.29, 1.82) is 0 Å². The number of likely N-dealkylation sites (N-methyl/N-ethyl adjacent to an activating group) is 1. The van der Waals surface area contributed by atoms with Crippen molar-refractivity contribution in [3.05, 3.63) is 53.1 Å². The highest BCUT2D eigenvalue weighted by Crippen LogP contribution is 2.34. The van der Waals surface area contributed by atoms with Crippen molar-refractivity contribution in [3.8, 4) is 11.1 Å². The van der Waals surface area contributed by atoms with Crippen molar-refractivity contribution in [1.82, 2.24) is 9.80 Å². The topological polar surface area (TPSA) is 86.9 Å². The van der Waals surface area contributed by atoms with Gasteiger partial charge in [-0.1, -0.05) is 50.6 Å². The van der Waals surface area contributed by atoms with Crippen LogP contribution in [0.4, 0.5) is 5.69 Å². The second-order valence-corrected chi connectivity index (χ2v) is 10.4. The summed E-state index contributed by atoms with van der Waals surface area (Å²) in [6.07, 6.45) is 0. The van der Waals surface area contributed by atoms with Crippen LogP contribution in [0.25, 0.3) is 11.1 Å². The van der Waals surface area contributed by atoms with Gasteiger partial charge in [-0.15, -0.1) is 0 Å². The zero-order valence-corrected chi connectivity index (χ0v) is 20.8. The first-order chi connectivity index (χ1) is 16.0. The SMILES string of the molecule is CCN1C(=O)C2CN(C(=O)[C@H](N)C(C)(C)C)CCN2C(=O)c2cc(-c3ccc(Cl)cc3)ccc21. The summed E-state index contributed by atoms with van der Waals surface area (Å²) in [6.45, 7) is 8.81. The lowest BCUT2D eigenvalue weighted by atomic mass is 9.86. The van der Waals surface area contributed by atoms with Gasteiger partial charge in [0.25, 0.3) is 11.8 Å². The smallest absolute Gasteiger partial charge is 0.256 e. The standard InChI is InChI=1S/C26H31ClN4O3/c1-5-30-20-11-8-17(16-6-9-18(27)10-7-16)14-19(20)23(32)31-13-12-29(15-21(31)24(30)33)25(34)22(28)26(2,3)4/h6-11,14,21-22H,5,12-13,15,28H2,1-4H3/t21?,22-/m0/s1. The molecule has 34 heavy (non-hydrogen) atoms. The minimum atomic E-state index is -0.747. The van der Waals surface area contributed by atoms with E-state index in [-0.39, 0.29) is 30.8 Å². The molecule has 0 spiro atoms. The Kier molecular flexibility index (Phi) is 6.44. The monoisotopic (exact) mass is 482 g/mol. The largest absolute Gasteiger partial charge is 0.337 e. The van der Waals surface area contributed by atoms with Gasteiger partial charge in [0.05, 0.1) is 23.8 Å². The molecule has 4 rings (SSSR count). The minimum absolute atomic E-state index is 0.141. The van der Waals surface area contributed by atoms with Gasteiger partial charge < -0.3 is 20.4 Å². The highest BCUT2D eigenvalue weighted by atomic mass is 35.5. The number of benzene rings is 2. The van der Waals surface area contributed by atoms with Crippen molar-refractivity contribution < 1.29 is 14.4 Å². The van der Waals surface area contributed by atoms with Crippen molar-refractivity contribution >= 4 is 35.0 Å². The predicted molar refractivity (Wildman–Crippen MR) is 134 cm³/mol. The third-order valence-corrected chi connectivity index (χ3v) is 6.97. The molecule has 2 aliphatic rings. The van der Waals surface area contributed by atoms with Crippen LogP contribution < -0.4 is 10.6 Å². The van der Waals surface area contributed by atoms with Crippen molar-refractivity contribution in [2.75, 3.05) is 31.1 Å². The second kappa shape index (κ2) is 9.04. The molecule has 1 unspecified atom stereocenters. The van der Waals surface area contributed by atoms with Crippen molar-refractivity contribution in [2.45, 2.75) is 39.8 Å². The molecule has 0 aliphatic carbocycles. The van der Waals surface area contributed by atoms with Gasteiger partial charge in [0.15, 0.2) is 0 Å². The summed E-state index contributed by atoms with van der Waals surface area (Å²) < 4.78 is 0. The summed E-state index contributed by atoms with van der Waals surface area (Å²) in [5, 5.41) is 0.638. The number of piperazine rings is 1. The van der Waals surface area contributed by atoms with E-state index in [0.717, 1.165) is 11.1 Å². The first kappa shape index (κ1) is 24.2. The number of hydrogen-bond donors (Lipinski definition) is 1. The molecule has 2 aliphatic heterocycles. The van der Waals surface area contributed by atoms with Crippen LogP contribution in [0.3, 0.4) is 0 Å². The van der Waals surface area contributed by atoms with E-state index >= 15 is 0 Å². The van der Waals surface area contributed by atoms with E-state index in [0.29, 0.717) is 29.4 Å².